The highest BCUT2D eigenvalue weighted by molar-refractivity contribution is 7.92. The molecule has 0 radical (unpaired) electrons. The molecule has 0 spiro atoms. The minimum atomic E-state index is -4.99. The molecule has 0 aliphatic rings. The molecule has 70 heavy (non-hydrogen) atoms. The van der Waals surface area contributed by atoms with E-state index >= 15 is 8.42 Å². The van der Waals surface area contributed by atoms with Crippen LogP contribution in [0.3, 0.4) is 0 Å². The van der Waals surface area contributed by atoms with E-state index in [4.69, 9.17) is 24.7 Å². The predicted molar refractivity (Wildman–Crippen MR) is 262 cm³/mol. The molecule has 2 amide bonds. The molecular weight excluding hydrogens is 945 g/mol. The standard InChI is InChI=1S/C47H56N10O11S2/c1-47(2,3)68-46(60)51-24-23-49-40-27-34(13-21-39(40)48)38-20-22-41(69(61,62)52-26-25-50-45(58)59)43(42(38)44-53-55-57(54-44)30-33-11-18-37(67-6)19-12-33)70(63,64)56(28-31-7-14-35(65-4)15-8-31)29-32-9-16-36(66-5)17-10-32/h7-22,27,49-50,52H,23-26,28-30,48H2,1-6H3,(H,51,60)(H,58,59). The number of nitrogen functional groups attached to an aromatic ring is 1. The first kappa shape index (κ1) is 51.9. The lowest BCUT2D eigenvalue weighted by molar-refractivity contribution is 0.0530. The molecule has 1 heterocycles. The van der Waals surface area contributed by atoms with Gasteiger partial charge in [-0.15, -0.1) is 10.2 Å². The van der Waals surface area contributed by atoms with Crippen molar-refractivity contribution in [2.75, 3.05) is 58.6 Å². The summed E-state index contributed by atoms with van der Waals surface area (Å²) in [6, 6.07) is 28.0. The summed E-state index contributed by atoms with van der Waals surface area (Å²) < 4.78 is 86.0. The van der Waals surface area contributed by atoms with Crippen LogP contribution in [0.2, 0.25) is 0 Å². The van der Waals surface area contributed by atoms with Crippen molar-refractivity contribution in [3.63, 3.8) is 0 Å². The number of alkyl carbamates (subject to hydrolysis) is 1. The fraction of sp³-hybridized carbons (Fsp3) is 0.298. The van der Waals surface area contributed by atoms with Crippen molar-refractivity contribution < 1.29 is 50.5 Å². The maximum atomic E-state index is 16.0. The number of nitrogens with one attached hydrogen (secondary N) is 4. The molecule has 1 aromatic heterocycles. The number of sulfonamides is 2. The van der Waals surface area contributed by atoms with Crippen LogP contribution in [0.1, 0.15) is 37.5 Å². The minimum Gasteiger partial charge on any atom is -0.497 e. The van der Waals surface area contributed by atoms with Crippen LogP contribution >= 0.6 is 0 Å². The topological polar surface area (TPSA) is 281 Å². The Labute approximate surface area is 406 Å². The highest BCUT2D eigenvalue weighted by Gasteiger charge is 2.38. The van der Waals surface area contributed by atoms with E-state index in [0.29, 0.717) is 45.3 Å². The van der Waals surface area contributed by atoms with E-state index in [1.165, 1.54) is 25.1 Å². The maximum absolute atomic E-state index is 16.0. The molecular formula is C47H56N10O11S2. The third-order valence-electron chi connectivity index (χ3n) is 10.4. The second kappa shape index (κ2) is 22.8. The number of nitrogens with two attached hydrogens (primary N) is 1. The van der Waals surface area contributed by atoms with Gasteiger partial charge in [-0.25, -0.2) is 31.1 Å². The van der Waals surface area contributed by atoms with Gasteiger partial charge in [0.05, 0.1) is 44.8 Å². The Morgan fingerprint density at radius 3 is 1.83 bits per heavy atom. The second-order valence-electron chi connectivity index (χ2n) is 16.6. The van der Waals surface area contributed by atoms with Crippen molar-refractivity contribution in [3.05, 3.63) is 120 Å². The highest BCUT2D eigenvalue weighted by atomic mass is 32.2. The first-order chi connectivity index (χ1) is 33.3. The van der Waals surface area contributed by atoms with E-state index in [9.17, 15) is 23.1 Å². The first-order valence-electron chi connectivity index (χ1n) is 21.7. The van der Waals surface area contributed by atoms with Crippen molar-refractivity contribution in [3.8, 4) is 39.8 Å². The number of nitrogens with zero attached hydrogens (tertiary/aromatic N) is 5. The summed E-state index contributed by atoms with van der Waals surface area (Å²) in [7, 11) is -5.23. The third-order valence-corrected chi connectivity index (χ3v) is 13.9. The molecule has 0 fully saturated rings. The Hall–Kier alpha value is -7.47. The number of rotatable bonds is 22. The van der Waals surface area contributed by atoms with E-state index in [2.05, 4.69) is 36.1 Å². The Morgan fingerprint density at radius 1 is 0.729 bits per heavy atom. The van der Waals surface area contributed by atoms with Crippen molar-refractivity contribution in [1.82, 2.24) is 39.9 Å². The Balaban J connectivity index is 1.57. The van der Waals surface area contributed by atoms with Gasteiger partial charge < -0.3 is 45.7 Å². The molecule has 0 unspecified atom stereocenters. The van der Waals surface area contributed by atoms with Crippen LogP contribution in [0, 0.1) is 0 Å². The number of carbonyl (C=O) groups excluding carboxylic acids is 1. The zero-order valence-electron chi connectivity index (χ0n) is 39.4. The molecule has 0 bridgehead atoms. The van der Waals surface area contributed by atoms with Crippen molar-refractivity contribution in [1.29, 1.82) is 0 Å². The summed E-state index contributed by atoms with van der Waals surface area (Å²) in [6.07, 6.45) is -2.00. The lowest BCUT2D eigenvalue weighted by atomic mass is 9.98. The Kier molecular flexibility index (Phi) is 16.9. The predicted octanol–water partition coefficient (Wildman–Crippen LogP) is 5.54. The van der Waals surface area contributed by atoms with Gasteiger partial charge in [0.15, 0.2) is 0 Å². The third kappa shape index (κ3) is 13.6. The van der Waals surface area contributed by atoms with Gasteiger partial charge in [-0.1, -0.05) is 48.5 Å². The zero-order valence-corrected chi connectivity index (χ0v) is 41.1. The number of hydrogen-bond donors (Lipinski definition) is 6. The smallest absolute Gasteiger partial charge is 0.407 e. The van der Waals surface area contributed by atoms with E-state index < -0.39 is 54.2 Å². The van der Waals surface area contributed by atoms with Crippen LogP contribution < -0.4 is 40.6 Å². The van der Waals surface area contributed by atoms with Gasteiger partial charge in [0.1, 0.15) is 32.6 Å². The van der Waals surface area contributed by atoms with Crippen molar-refractivity contribution in [2.24, 2.45) is 0 Å². The van der Waals surface area contributed by atoms with Crippen LogP contribution in [0.4, 0.5) is 21.0 Å². The van der Waals surface area contributed by atoms with Gasteiger partial charge in [0.25, 0.3) is 0 Å². The van der Waals surface area contributed by atoms with Crippen LogP contribution in [0.15, 0.2) is 113 Å². The average Bonchev–Trinajstić information content (AvgIpc) is 3.79. The number of carboxylic acid groups (broad SMARTS) is 1. The van der Waals surface area contributed by atoms with Gasteiger partial charge >= 0.3 is 12.2 Å². The number of hydrogen-bond acceptors (Lipinski definition) is 15. The molecule has 21 nitrogen and oxygen atoms in total. The van der Waals surface area contributed by atoms with Crippen molar-refractivity contribution >= 4 is 43.6 Å². The number of aromatic nitrogens is 4. The van der Waals surface area contributed by atoms with Gasteiger partial charge in [0, 0.05) is 39.3 Å². The summed E-state index contributed by atoms with van der Waals surface area (Å²) in [5.74, 6) is 1.43. The van der Waals surface area contributed by atoms with Crippen LogP contribution in [-0.2, 0) is 44.4 Å². The van der Waals surface area contributed by atoms with Crippen LogP contribution in [0.5, 0.6) is 17.2 Å². The summed E-state index contributed by atoms with van der Waals surface area (Å²) >= 11 is 0. The van der Waals surface area contributed by atoms with Gasteiger partial charge in [-0.05, 0) is 108 Å². The number of amides is 2. The van der Waals surface area contributed by atoms with Gasteiger partial charge in [-0.3, -0.25) is 0 Å². The van der Waals surface area contributed by atoms with E-state index in [-0.39, 0.29) is 56.2 Å². The van der Waals surface area contributed by atoms with E-state index in [1.54, 1.807) is 119 Å². The number of carbonyl (C=O) groups is 2. The molecule has 23 heteroatoms. The highest BCUT2D eigenvalue weighted by Crippen LogP contribution is 2.42. The molecule has 0 atom stereocenters. The number of methoxy groups -OCH3 is 3. The normalized spacial score (nSPS) is 11.8. The molecule has 0 saturated heterocycles. The molecule has 6 aromatic rings. The quantitative estimate of drug-likeness (QED) is 0.0360. The second-order valence-corrected chi connectivity index (χ2v) is 20.2. The lowest BCUT2D eigenvalue weighted by Gasteiger charge is -2.26. The fourth-order valence-corrected chi connectivity index (χ4v) is 10.5. The molecule has 0 aliphatic heterocycles. The largest absolute Gasteiger partial charge is 0.497 e. The van der Waals surface area contributed by atoms with Gasteiger partial charge in [-0.2, -0.15) is 9.10 Å². The zero-order chi connectivity index (χ0) is 50.6. The minimum absolute atomic E-state index is 0.0822. The fourth-order valence-electron chi connectivity index (χ4n) is 7.01. The van der Waals surface area contributed by atoms with E-state index in [0.717, 1.165) is 15.9 Å². The number of anilines is 2. The average molecular weight is 1000 g/mol. The molecule has 0 saturated carbocycles. The summed E-state index contributed by atoms with van der Waals surface area (Å²) in [5.41, 5.74) is 8.60. The molecule has 372 valence electrons. The Bertz CT molecular complexity index is 2930. The molecule has 0 aliphatic carbocycles. The van der Waals surface area contributed by atoms with Crippen LogP contribution in [-0.4, -0.2) is 112 Å². The summed E-state index contributed by atoms with van der Waals surface area (Å²) in [4.78, 5) is 23.5. The first-order valence-corrected chi connectivity index (χ1v) is 24.6. The molecule has 5 aromatic carbocycles. The monoisotopic (exact) mass is 1000 g/mol. The lowest BCUT2D eigenvalue weighted by Crippen LogP contribution is -2.36. The summed E-state index contributed by atoms with van der Waals surface area (Å²) in [6.45, 7) is 4.41. The molecule has 6 rings (SSSR count). The number of benzene rings is 5. The molecule has 7 N–H and O–H groups in total. The van der Waals surface area contributed by atoms with Crippen molar-refractivity contribution in [2.45, 2.75) is 55.8 Å². The SMILES string of the molecule is COc1ccc(CN(Cc2ccc(OC)cc2)S(=O)(=O)c2c(S(=O)(=O)NCCNC(=O)O)ccc(-c3ccc(N)c(NCCNC(=O)OC(C)(C)C)c3)c2-c2nnn(Cc3ccc(OC)cc3)n2)cc1. The maximum Gasteiger partial charge on any atom is 0.407 e. The van der Waals surface area contributed by atoms with Gasteiger partial charge in [0.2, 0.25) is 25.9 Å². The summed E-state index contributed by atoms with van der Waals surface area (Å²) in [5, 5.41) is 30.5. The van der Waals surface area contributed by atoms with Crippen LogP contribution in [0.25, 0.3) is 22.5 Å². The number of ether oxygens (including phenoxy) is 4. The number of tetrazole rings is 1. The Morgan fingerprint density at radius 2 is 1.29 bits per heavy atom. The van der Waals surface area contributed by atoms with E-state index in [1.807, 2.05) is 0 Å².